The zero-order valence-corrected chi connectivity index (χ0v) is 16.4. The second-order valence-corrected chi connectivity index (χ2v) is 7.31. The van der Waals surface area contributed by atoms with Crippen LogP contribution in [0, 0.1) is 5.92 Å². The Hall–Kier alpha value is -3.34. The van der Waals surface area contributed by atoms with Gasteiger partial charge in [-0.3, -0.25) is 9.59 Å². The van der Waals surface area contributed by atoms with Gasteiger partial charge in [0.15, 0.2) is 0 Å². The molecule has 3 aromatic rings. The minimum Gasteiger partial charge on any atom is -0.495 e. The Balaban J connectivity index is 1.50. The van der Waals surface area contributed by atoms with Crippen molar-refractivity contribution in [3.63, 3.8) is 0 Å². The normalized spacial score (nSPS) is 16.4. The number of amides is 2. The van der Waals surface area contributed by atoms with Gasteiger partial charge >= 0.3 is 0 Å². The van der Waals surface area contributed by atoms with E-state index in [-0.39, 0.29) is 17.7 Å². The molecule has 1 N–H and O–H groups in total. The van der Waals surface area contributed by atoms with Crippen molar-refractivity contribution in [1.29, 1.82) is 0 Å². The summed E-state index contributed by atoms with van der Waals surface area (Å²) in [6.07, 6.45) is 1.57. The van der Waals surface area contributed by atoms with E-state index in [2.05, 4.69) is 5.32 Å². The van der Waals surface area contributed by atoms with Crippen molar-refractivity contribution in [2.75, 3.05) is 25.5 Å². The number of anilines is 1. The first kappa shape index (κ1) is 19.0. The minimum absolute atomic E-state index is 0.0170. The monoisotopic (exact) mass is 388 g/mol. The highest BCUT2D eigenvalue weighted by Gasteiger charge is 2.29. The number of methoxy groups -OCH3 is 1. The number of hydrogen-bond donors (Lipinski definition) is 1. The zero-order valence-electron chi connectivity index (χ0n) is 16.4. The highest BCUT2D eigenvalue weighted by atomic mass is 16.5. The number of rotatable bonds is 4. The lowest BCUT2D eigenvalue weighted by Crippen LogP contribution is -2.43. The molecule has 148 valence electrons. The summed E-state index contributed by atoms with van der Waals surface area (Å²) >= 11 is 0. The Morgan fingerprint density at radius 2 is 1.76 bits per heavy atom. The van der Waals surface area contributed by atoms with Crippen LogP contribution in [0.2, 0.25) is 0 Å². The Kier molecular flexibility index (Phi) is 5.47. The number of benzene rings is 3. The smallest absolute Gasteiger partial charge is 0.254 e. The van der Waals surface area contributed by atoms with Crippen molar-refractivity contribution in [1.82, 2.24) is 4.90 Å². The molecule has 1 fully saturated rings. The molecule has 1 heterocycles. The number of ether oxygens (including phenoxy) is 1. The molecule has 5 nitrogen and oxygen atoms in total. The maximum absolute atomic E-state index is 13.2. The van der Waals surface area contributed by atoms with Gasteiger partial charge in [0.1, 0.15) is 5.75 Å². The topological polar surface area (TPSA) is 58.6 Å². The zero-order chi connectivity index (χ0) is 20.2. The molecule has 1 atom stereocenters. The summed E-state index contributed by atoms with van der Waals surface area (Å²) in [4.78, 5) is 27.9. The Labute approximate surface area is 170 Å². The van der Waals surface area contributed by atoms with Crippen molar-refractivity contribution in [3.05, 3.63) is 72.3 Å². The molecule has 0 radical (unpaired) electrons. The number of nitrogens with one attached hydrogen (secondary N) is 1. The van der Waals surface area contributed by atoms with Crippen LogP contribution < -0.4 is 10.1 Å². The van der Waals surface area contributed by atoms with E-state index in [0.29, 0.717) is 30.1 Å². The fraction of sp³-hybridized carbons (Fsp3) is 0.250. The third-order valence-electron chi connectivity index (χ3n) is 5.46. The van der Waals surface area contributed by atoms with Crippen molar-refractivity contribution in [3.8, 4) is 5.75 Å². The fourth-order valence-corrected chi connectivity index (χ4v) is 3.94. The molecular weight excluding hydrogens is 364 g/mol. The highest BCUT2D eigenvalue weighted by Crippen LogP contribution is 2.27. The van der Waals surface area contributed by atoms with Crippen LogP contribution in [0.25, 0.3) is 10.8 Å². The third-order valence-corrected chi connectivity index (χ3v) is 5.46. The summed E-state index contributed by atoms with van der Waals surface area (Å²) in [6.45, 7) is 1.09. The van der Waals surface area contributed by atoms with E-state index >= 15 is 0 Å². The highest BCUT2D eigenvalue weighted by molar-refractivity contribution is 6.07. The second kappa shape index (κ2) is 8.35. The first-order valence-corrected chi connectivity index (χ1v) is 9.88. The van der Waals surface area contributed by atoms with Gasteiger partial charge in [0.25, 0.3) is 5.91 Å². The number of hydrogen-bond acceptors (Lipinski definition) is 3. The summed E-state index contributed by atoms with van der Waals surface area (Å²) in [5.74, 6) is 0.287. The van der Waals surface area contributed by atoms with Crippen LogP contribution in [0.15, 0.2) is 66.7 Å². The van der Waals surface area contributed by atoms with Gasteiger partial charge in [-0.25, -0.2) is 0 Å². The summed E-state index contributed by atoms with van der Waals surface area (Å²) in [5.41, 5.74) is 1.34. The van der Waals surface area contributed by atoms with E-state index in [1.54, 1.807) is 12.0 Å². The summed E-state index contributed by atoms with van der Waals surface area (Å²) in [5, 5.41) is 4.95. The summed E-state index contributed by atoms with van der Waals surface area (Å²) in [6, 6.07) is 21.0. The summed E-state index contributed by atoms with van der Waals surface area (Å²) < 4.78 is 5.31. The molecule has 1 aliphatic heterocycles. The third kappa shape index (κ3) is 3.94. The molecule has 0 bridgehead atoms. The minimum atomic E-state index is -0.243. The average Bonchev–Trinajstić information content (AvgIpc) is 2.78. The molecule has 0 saturated carbocycles. The average molecular weight is 388 g/mol. The SMILES string of the molecule is COc1ccccc1NC(=O)C1CCCN(C(=O)c2cccc3ccccc23)C1. The van der Waals surface area contributed by atoms with Crippen molar-refractivity contribution >= 4 is 28.3 Å². The van der Waals surface area contributed by atoms with E-state index in [1.165, 1.54) is 0 Å². The number of nitrogens with zero attached hydrogens (tertiary/aromatic N) is 1. The van der Waals surface area contributed by atoms with E-state index < -0.39 is 0 Å². The van der Waals surface area contributed by atoms with E-state index in [9.17, 15) is 9.59 Å². The molecule has 0 aromatic heterocycles. The maximum atomic E-state index is 13.2. The van der Waals surface area contributed by atoms with Crippen LogP contribution in [-0.2, 0) is 4.79 Å². The number of carbonyl (C=O) groups is 2. The molecule has 5 heteroatoms. The van der Waals surface area contributed by atoms with Crippen LogP contribution in [0.3, 0.4) is 0 Å². The molecule has 1 aliphatic rings. The standard InChI is InChI=1S/C24H24N2O3/c1-29-22-14-5-4-13-21(22)25-23(27)18-10-7-15-26(16-18)24(28)20-12-6-9-17-8-2-3-11-19(17)20/h2-6,8-9,11-14,18H,7,10,15-16H2,1H3,(H,25,27). The van der Waals surface area contributed by atoms with Gasteiger partial charge in [0.2, 0.25) is 5.91 Å². The van der Waals surface area contributed by atoms with Crippen molar-refractivity contribution in [2.45, 2.75) is 12.8 Å². The molecule has 4 rings (SSSR count). The number of likely N-dealkylation sites (tertiary alicyclic amines) is 1. The van der Waals surface area contributed by atoms with Crippen molar-refractivity contribution < 1.29 is 14.3 Å². The van der Waals surface area contributed by atoms with Crippen LogP contribution in [-0.4, -0.2) is 36.9 Å². The number of piperidine rings is 1. The first-order valence-electron chi connectivity index (χ1n) is 9.88. The predicted octanol–water partition coefficient (Wildman–Crippen LogP) is 4.34. The van der Waals surface area contributed by atoms with Crippen LogP contribution in [0.5, 0.6) is 5.75 Å². The Bertz CT molecular complexity index is 1040. The second-order valence-electron chi connectivity index (χ2n) is 7.31. The molecule has 1 saturated heterocycles. The van der Waals surface area contributed by atoms with Gasteiger partial charge in [-0.1, -0.05) is 48.5 Å². The molecule has 0 spiro atoms. The van der Waals surface area contributed by atoms with Crippen molar-refractivity contribution in [2.24, 2.45) is 5.92 Å². The first-order chi connectivity index (χ1) is 14.2. The Morgan fingerprint density at radius 3 is 2.62 bits per heavy atom. The van der Waals surface area contributed by atoms with E-state index in [4.69, 9.17) is 4.74 Å². The molecule has 2 amide bonds. The lowest BCUT2D eigenvalue weighted by atomic mass is 9.95. The number of carbonyl (C=O) groups excluding carboxylic acids is 2. The fourth-order valence-electron chi connectivity index (χ4n) is 3.94. The molecule has 29 heavy (non-hydrogen) atoms. The van der Waals surface area contributed by atoms with E-state index in [0.717, 1.165) is 23.6 Å². The van der Waals surface area contributed by atoms with Crippen LogP contribution in [0.4, 0.5) is 5.69 Å². The van der Waals surface area contributed by atoms with Gasteiger partial charge in [0.05, 0.1) is 18.7 Å². The largest absolute Gasteiger partial charge is 0.495 e. The predicted molar refractivity (Wildman–Crippen MR) is 114 cm³/mol. The quantitative estimate of drug-likeness (QED) is 0.723. The summed E-state index contributed by atoms with van der Waals surface area (Å²) in [7, 11) is 1.58. The lowest BCUT2D eigenvalue weighted by molar-refractivity contribution is -0.121. The number of fused-ring (bicyclic) bond motifs is 1. The van der Waals surface area contributed by atoms with Gasteiger partial charge < -0.3 is 15.0 Å². The van der Waals surface area contributed by atoms with E-state index in [1.807, 2.05) is 66.7 Å². The number of para-hydroxylation sites is 2. The van der Waals surface area contributed by atoms with Gasteiger partial charge in [-0.15, -0.1) is 0 Å². The van der Waals surface area contributed by atoms with Gasteiger partial charge in [-0.2, -0.15) is 0 Å². The maximum Gasteiger partial charge on any atom is 0.254 e. The Morgan fingerprint density at radius 1 is 1.00 bits per heavy atom. The molecule has 1 unspecified atom stereocenters. The lowest BCUT2D eigenvalue weighted by Gasteiger charge is -2.32. The van der Waals surface area contributed by atoms with Gasteiger partial charge in [-0.05, 0) is 41.8 Å². The van der Waals surface area contributed by atoms with Crippen LogP contribution in [0.1, 0.15) is 23.2 Å². The molecular formula is C24H24N2O3. The molecule has 3 aromatic carbocycles. The van der Waals surface area contributed by atoms with Crippen LogP contribution >= 0.6 is 0 Å². The van der Waals surface area contributed by atoms with Gasteiger partial charge in [0, 0.05) is 18.7 Å². The molecule has 0 aliphatic carbocycles.